The summed E-state index contributed by atoms with van der Waals surface area (Å²) in [5.41, 5.74) is 3.38. The summed E-state index contributed by atoms with van der Waals surface area (Å²) in [5.74, 6) is -0.426. The first kappa shape index (κ1) is 12.7. The molecule has 18 heavy (non-hydrogen) atoms. The molecule has 1 aromatic carbocycles. The number of nitriles is 1. The lowest BCUT2D eigenvalue weighted by Gasteiger charge is -2.16. The van der Waals surface area contributed by atoms with Gasteiger partial charge in [0.05, 0.1) is 16.8 Å². The van der Waals surface area contributed by atoms with Gasteiger partial charge in [-0.15, -0.1) is 11.3 Å². The van der Waals surface area contributed by atoms with E-state index in [0.29, 0.717) is 18.7 Å². The van der Waals surface area contributed by atoms with Crippen molar-refractivity contribution in [1.29, 1.82) is 5.26 Å². The number of rotatable bonds is 4. The van der Waals surface area contributed by atoms with Crippen molar-refractivity contribution >= 4 is 11.3 Å². The molecule has 0 amide bonds. The molecule has 0 bridgehead atoms. The predicted molar refractivity (Wildman–Crippen MR) is 68.4 cm³/mol. The molecule has 1 heterocycles. The van der Waals surface area contributed by atoms with E-state index >= 15 is 0 Å². The highest BCUT2D eigenvalue weighted by Gasteiger charge is 2.10. The van der Waals surface area contributed by atoms with E-state index in [1.165, 1.54) is 6.07 Å². The van der Waals surface area contributed by atoms with Gasteiger partial charge in [-0.05, 0) is 13.1 Å². The van der Waals surface area contributed by atoms with E-state index in [1.54, 1.807) is 29.0 Å². The second-order valence-electron chi connectivity index (χ2n) is 4.04. The van der Waals surface area contributed by atoms with Gasteiger partial charge in [-0.25, -0.2) is 9.37 Å². The largest absolute Gasteiger partial charge is 0.296 e. The number of halogens is 1. The van der Waals surface area contributed by atoms with Crippen LogP contribution in [0.3, 0.4) is 0 Å². The van der Waals surface area contributed by atoms with E-state index in [9.17, 15) is 4.39 Å². The van der Waals surface area contributed by atoms with Gasteiger partial charge in [0.25, 0.3) is 0 Å². The molecule has 0 aliphatic rings. The zero-order valence-electron chi connectivity index (χ0n) is 9.93. The minimum absolute atomic E-state index is 0.0922. The Morgan fingerprint density at radius 1 is 1.44 bits per heavy atom. The second-order valence-corrected chi connectivity index (χ2v) is 4.76. The van der Waals surface area contributed by atoms with Crippen LogP contribution in [0.25, 0.3) is 0 Å². The van der Waals surface area contributed by atoms with Crippen LogP contribution < -0.4 is 0 Å². The highest BCUT2D eigenvalue weighted by molar-refractivity contribution is 7.07. The monoisotopic (exact) mass is 261 g/mol. The molecule has 0 saturated heterocycles. The summed E-state index contributed by atoms with van der Waals surface area (Å²) < 4.78 is 13.8. The average molecular weight is 261 g/mol. The lowest BCUT2D eigenvalue weighted by Crippen LogP contribution is -2.18. The average Bonchev–Trinajstić information content (AvgIpc) is 2.84. The Kier molecular flexibility index (Phi) is 4.03. The fraction of sp³-hybridized carbons (Fsp3) is 0.231. The van der Waals surface area contributed by atoms with Gasteiger partial charge in [0.1, 0.15) is 11.9 Å². The molecule has 0 aliphatic carbocycles. The summed E-state index contributed by atoms with van der Waals surface area (Å²) in [6, 6.07) is 6.74. The first-order chi connectivity index (χ1) is 8.70. The zero-order valence-corrected chi connectivity index (χ0v) is 10.7. The molecule has 0 spiro atoms. The molecule has 1 aromatic heterocycles. The van der Waals surface area contributed by atoms with Gasteiger partial charge in [0, 0.05) is 24.0 Å². The number of hydrogen-bond donors (Lipinski definition) is 0. The van der Waals surface area contributed by atoms with Gasteiger partial charge in [0.2, 0.25) is 0 Å². The number of benzene rings is 1. The van der Waals surface area contributed by atoms with Crippen LogP contribution in [-0.2, 0) is 13.1 Å². The van der Waals surface area contributed by atoms with Crippen LogP contribution in [0.5, 0.6) is 0 Å². The van der Waals surface area contributed by atoms with E-state index < -0.39 is 5.82 Å². The van der Waals surface area contributed by atoms with Crippen LogP contribution in [0.2, 0.25) is 0 Å². The van der Waals surface area contributed by atoms with Crippen molar-refractivity contribution in [1.82, 2.24) is 9.88 Å². The Hall–Kier alpha value is -1.77. The van der Waals surface area contributed by atoms with Gasteiger partial charge >= 0.3 is 0 Å². The number of hydrogen-bond acceptors (Lipinski definition) is 4. The predicted octanol–water partition coefficient (Wildman–Crippen LogP) is 2.79. The Bertz CT molecular complexity index is 560. The molecule has 2 aromatic rings. The van der Waals surface area contributed by atoms with Gasteiger partial charge in [0.15, 0.2) is 0 Å². The fourth-order valence-corrected chi connectivity index (χ4v) is 2.28. The van der Waals surface area contributed by atoms with Crippen molar-refractivity contribution < 1.29 is 4.39 Å². The van der Waals surface area contributed by atoms with Gasteiger partial charge < -0.3 is 0 Å². The second kappa shape index (κ2) is 5.71. The topological polar surface area (TPSA) is 39.9 Å². The lowest BCUT2D eigenvalue weighted by atomic mass is 10.1. The molecular weight excluding hydrogens is 249 g/mol. The van der Waals surface area contributed by atoms with Crippen molar-refractivity contribution in [3.63, 3.8) is 0 Å². The summed E-state index contributed by atoms with van der Waals surface area (Å²) in [5, 5.41) is 10.7. The number of thiazole rings is 1. The van der Waals surface area contributed by atoms with E-state index in [4.69, 9.17) is 5.26 Å². The van der Waals surface area contributed by atoms with Crippen molar-refractivity contribution in [3.05, 3.63) is 51.7 Å². The maximum atomic E-state index is 13.8. The Morgan fingerprint density at radius 2 is 2.28 bits per heavy atom. The molecule has 0 fully saturated rings. The Morgan fingerprint density at radius 3 is 2.94 bits per heavy atom. The van der Waals surface area contributed by atoms with Crippen LogP contribution in [-0.4, -0.2) is 16.9 Å². The third kappa shape index (κ3) is 2.92. The van der Waals surface area contributed by atoms with Gasteiger partial charge in [-0.3, -0.25) is 4.90 Å². The molecule has 0 unspecified atom stereocenters. The molecule has 5 heteroatoms. The molecule has 92 valence electrons. The van der Waals surface area contributed by atoms with Crippen LogP contribution in [0, 0.1) is 17.1 Å². The van der Waals surface area contributed by atoms with Crippen LogP contribution in [0.1, 0.15) is 16.8 Å². The number of aromatic nitrogens is 1. The fourth-order valence-electron chi connectivity index (χ4n) is 1.73. The summed E-state index contributed by atoms with van der Waals surface area (Å²) in [6.07, 6.45) is 0. The minimum Gasteiger partial charge on any atom is -0.296 e. The maximum absolute atomic E-state index is 13.8. The summed E-state index contributed by atoms with van der Waals surface area (Å²) in [7, 11) is 1.90. The van der Waals surface area contributed by atoms with E-state index in [-0.39, 0.29) is 5.56 Å². The van der Waals surface area contributed by atoms with E-state index in [0.717, 1.165) is 5.69 Å². The van der Waals surface area contributed by atoms with Crippen LogP contribution in [0.15, 0.2) is 29.1 Å². The molecular formula is C13H12FN3S. The van der Waals surface area contributed by atoms with Crippen LogP contribution >= 0.6 is 11.3 Å². The molecule has 0 atom stereocenters. The van der Waals surface area contributed by atoms with Gasteiger partial charge in [-0.1, -0.05) is 12.1 Å². The van der Waals surface area contributed by atoms with Crippen molar-refractivity contribution in [2.24, 2.45) is 0 Å². The number of nitrogens with zero attached hydrogens (tertiary/aromatic N) is 3. The molecule has 3 nitrogen and oxygen atoms in total. The standard InChI is InChI=1S/C13H12FN3S/c1-17(7-12-8-18-9-16-12)6-11-4-2-3-10(5-15)13(11)14/h2-4,8-9H,6-7H2,1H3. The summed E-state index contributed by atoms with van der Waals surface area (Å²) in [6.45, 7) is 1.12. The first-order valence-corrected chi connectivity index (χ1v) is 6.38. The smallest absolute Gasteiger partial charge is 0.145 e. The van der Waals surface area contributed by atoms with Crippen molar-refractivity contribution in [3.8, 4) is 6.07 Å². The van der Waals surface area contributed by atoms with Crippen molar-refractivity contribution in [2.75, 3.05) is 7.05 Å². The lowest BCUT2D eigenvalue weighted by molar-refractivity contribution is 0.310. The Labute approximate surface area is 109 Å². The van der Waals surface area contributed by atoms with Gasteiger partial charge in [-0.2, -0.15) is 5.26 Å². The third-order valence-corrected chi connectivity index (χ3v) is 3.19. The van der Waals surface area contributed by atoms with Crippen molar-refractivity contribution in [2.45, 2.75) is 13.1 Å². The van der Waals surface area contributed by atoms with E-state index in [1.807, 2.05) is 23.4 Å². The summed E-state index contributed by atoms with van der Waals surface area (Å²) >= 11 is 1.54. The first-order valence-electron chi connectivity index (χ1n) is 5.44. The summed E-state index contributed by atoms with van der Waals surface area (Å²) in [4.78, 5) is 6.15. The molecule has 0 radical (unpaired) electrons. The SMILES string of the molecule is CN(Cc1cscn1)Cc1cccc(C#N)c1F. The molecule has 0 N–H and O–H groups in total. The van der Waals surface area contributed by atoms with Crippen LogP contribution in [0.4, 0.5) is 4.39 Å². The maximum Gasteiger partial charge on any atom is 0.145 e. The highest BCUT2D eigenvalue weighted by atomic mass is 32.1. The molecule has 0 aliphatic heterocycles. The molecule has 2 rings (SSSR count). The quantitative estimate of drug-likeness (QED) is 0.849. The zero-order chi connectivity index (χ0) is 13.0. The van der Waals surface area contributed by atoms with E-state index in [2.05, 4.69) is 4.98 Å². The molecule has 0 saturated carbocycles. The Balaban J connectivity index is 2.08. The highest BCUT2D eigenvalue weighted by Crippen LogP contribution is 2.15. The normalized spacial score (nSPS) is 10.6. The minimum atomic E-state index is -0.426. The third-order valence-electron chi connectivity index (χ3n) is 2.55.